The molecule has 0 aliphatic rings. The number of imidazole rings is 1. The number of thioether (sulfide) groups is 1. The van der Waals surface area contributed by atoms with E-state index in [1.54, 1.807) is 18.5 Å². The number of benzene rings is 2. The van der Waals surface area contributed by atoms with Crippen LogP contribution in [0.5, 0.6) is 0 Å². The van der Waals surface area contributed by atoms with Crippen molar-refractivity contribution >= 4 is 23.6 Å². The summed E-state index contributed by atoms with van der Waals surface area (Å²) in [5.41, 5.74) is 6.93. The number of nitrogens with one attached hydrogen (secondary N) is 2. The Morgan fingerprint density at radius 1 is 1.00 bits per heavy atom. The maximum atomic E-state index is 13.1. The molecule has 0 saturated heterocycles. The monoisotopic (exact) mass is 451 g/mol. The van der Waals surface area contributed by atoms with Crippen molar-refractivity contribution in [2.45, 2.75) is 10.9 Å². The van der Waals surface area contributed by atoms with Crippen LogP contribution in [0.15, 0.2) is 72.5 Å². The molecule has 11 heteroatoms. The highest BCUT2D eigenvalue weighted by Gasteiger charge is 2.15. The minimum Gasteiger partial charge on any atom is -0.312 e. The summed E-state index contributed by atoms with van der Waals surface area (Å²) in [7, 11) is 1.87. The highest BCUT2D eigenvalue weighted by Crippen LogP contribution is 2.20. The first-order valence-electron chi connectivity index (χ1n) is 9.46. The van der Waals surface area contributed by atoms with Crippen LogP contribution >= 0.6 is 11.8 Å². The Balaban J connectivity index is 1.34. The summed E-state index contributed by atoms with van der Waals surface area (Å²) in [5, 5.41) is 8.65. The van der Waals surface area contributed by atoms with E-state index in [0.29, 0.717) is 17.0 Å². The van der Waals surface area contributed by atoms with E-state index < -0.39 is 11.8 Å². The Hall–Kier alpha value is -3.99. The zero-order valence-corrected chi connectivity index (χ0v) is 17.7. The number of aromatic nitrogens is 5. The molecule has 2 aromatic carbocycles. The van der Waals surface area contributed by atoms with Crippen molar-refractivity contribution in [3.8, 4) is 5.69 Å². The predicted molar refractivity (Wildman–Crippen MR) is 115 cm³/mol. The summed E-state index contributed by atoms with van der Waals surface area (Å²) in [6, 6.07) is 12.6. The van der Waals surface area contributed by atoms with E-state index in [1.807, 2.05) is 23.7 Å². The number of carbonyl (C=O) groups excluding carboxylic acids is 2. The lowest BCUT2D eigenvalue weighted by atomic mass is 10.1. The van der Waals surface area contributed by atoms with Gasteiger partial charge < -0.3 is 4.57 Å². The lowest BCUT2D eigenvalue weighted by Crippen LogP contribution is -2.42. The van der Waals surface area contributed by atoms with Crippen molar-refractivity contribution in [2.24, 2.45) is 7.05 Å². The van der Waals surface area contributed by atoms with E-state index in [0.717, 1.165) is 10.7 Å². The summed E-state index contributed by atoms with van der Waals surface area (Å²) >= 11 is 1.54. The van der Waals surface area contributed by atoms with E-state index in [9.17, 15) is 14.0 Å². The number of hydrazine groups is 1. The molecule has 0 atom stereocenters. The molecule has 0 spiro atoms. The molecule has 0 saturated carbocycles. The van der Waals surface area contributed by atoms with Crippen molar-refractivity contribution in [3.63, 3.8) is 0 Å². The topological polar surface area (TPSA) is 107 Å². The third-order valence-corrected chi connectivity index (χ3v) is 5.62. The second-order valence-corrected chi connectivity index (χ2v) is 7.69. The fourth-order valence-corrected chi connectivity index (χ4v) is 3.67. The SMILES string of the molecule is Cn1cnnc1SCc1ccc(C(=O)NNC(=O)c2cncn2-c2ccc(F)cc2)cc1. The van der Waals surface area contributed by atoms with Gasteiger partial charge in [-0.25, -0.2) is 9.37 Å². The van der Waals surface area contributed by atoms with Crippen LogP contribution in [0, 0.1) is 5.82 Å². The second kappa shape index (κ2) is 9.43. The molecule has 162 valence electrons. The molecule has 0 aliphatic heterocycles. The average molecular weight is 451 g/mol. The molecule has 2 amide bonds. The number of halogens is 1. The van der Waals surface area contributed by atoms with Crippen LogP contribution in [0.4, 0.5) is 4.39 Å². The average Bonchev–Trinajstić information content (AvgIpc) is 3.46. The maximum absolute atomic E-state index is 13.1. The van der Waals surface area contributed by atoms with Gasteiger partial charge in [0.1, 0.15) is 17.8 Å². The van der Waals surface area contributed by atoms with Gasteiger partial charge in [-0.3, -0.25) is 25.0 Å². The predicted octanol–water partition coefficient (Wildman–Crippen LogP) is 2.51. The first-order valence-corrected chi connectivity index (χ1v) is 10.4. The Morgan fingerprint density at radius 2 is 1.72 bits per heavy atom. The van der Waals surface area contributed by atoms with Gasteiger partial charge in [-0.1, -0.05) is 23.9 Å². The van der Waals surface area contributed by atoms with E-state index in [2.05, 4.69) is 26.0 Å². The fraction of sp³-hybridized carbons (Fsp3) is 0.0952. The molecule has 2 N–H and O–H groups in total. The van der Waals surface area contributed by atoms with Gasteiger partial charge in [-0.2, -0.15) is 0 Å². The molecule has 2 heterocycles. The number of rotatable bonds is 6. The Labute approximate surface area is 186 Å². The van der Waals surface area contributed by atoms with Crippen LogP contribution in [0.25, 0.3) is 5.69 Å². The van der Waals surface area contributed by atoms with Crippen molar-refractivity contribution in [3.05, 3.63) is 90.0 Å². The molecule has 0 fully saturated rings. The van der Waals surface area contributed by atoms with E-state index in [-0.39, 0.29) is 11.5 Å². The van der Waals surface area contributed by atoms with Gasteiger partial charge in [0.05, 0.1) is 12.5 Å². The third-order valence-electron chi connectivity index (χ3n) is 4.52. The van der Waals surface area contributed by atoms with Gasteiger partial charge in [0.25, 0.3) is 11.8 Å². The molecule has 32 heavy (non-hydrogen) atoms. The largest absolute Gasteiger partial charge is 0.312 e. The van der Waals surface area contributed by atoms with Crippen molar-refractivity contribution < 1.29 is 14.0 Å². The minimum absolute atomic E-state index is 0.188. The van der Waals surface area contributed by atoms with E-state index in [4.69, 9.17) is 0 Å². The lowest BCUT2D eigenvalue weighted by Gasteiger charge is -2.10. The fourth-order valence-electron chi connectivity index (χ4n) is 2.82. The Bertz CT molecular complexity index is 1240. The van der Waals surface area contributed by atoms with Gasteiger partial charge in [0.2, 0.25) is 0 Å². The first kappa shape index (κ1) is 21.2. The first-order chi connectivity index (χ1) is 15.5. The minimum atomic E-state index is -0.558. The standard InChI is InChI=1S/C21H18FN7O2S/c1-28-13-24-27-21(28)32-11-14-2-4-15(5-3-14)19(30)25-26-20(31)18-10-23-12-29(18)17-8-6-16(22)7-9-17/h2-10,12-13H,11H2,1H3,(H,25,30)(H,26,31). The lowest BCUT2D eigenvalue weighted by molar-refractivity contribution is 0.0843. The smallest absolute Gasteiger partial charge is 0.288 e. The van der Waals surface area contributed by atoms with Crippen LogP contribution in [-0.2, 0) is 12.8 Å². The molecular weight excluding hydrogens is 433 g/mol. The van der Waals surface area contributed by atoms with Gasteiger partial charge >= 0.3 is 0 Å². The van der Waals surface area contributed by atoms with Crippen LogP contribution in [-0.4, -0.2) is 36.1 Å². The van der Waals surface area contributed by atoms with Gasteiger partial charge in [0, 0.05) is 24.1 Å². The number of hydrogen-bond donors (Lipinski definition) is 2. The van der Waals surface area contributed by atoms with E-state index in [1.165, 1.54) is 53.1 Å². The molecule has 0 radical (unpaired) electrons. The van der Waals surface area contributed by atoms with Crippen LogP contribution in [0.3, 0.4) is 0 Å². The Kier molecular flexibility index (Phi) is 6.26. The number of amides is 2. The van der Waals surface area contributed by atoms with Gasteiger partial charge in [0.15, 0.2) is 5.16 Å². The zero-order chi connectivity index (χ0) is 22.5. The highest BCUT2D eigenvalue weighted by molar-refractivity contribution is 7.98. The zero-order valence-electron chi connectivity index (χ0n) is 16.9. The number of carbonyl (C=O) groups is 2. The summed E-state index contributed by atoms with van der Waals surface area (Å²) in [6.45, 7) is 0. The molecule has 4 rings (SSSR count). The van der Waals surface area contributed by atoms with Gasteiger partial charge in [-0.15, -0.1) is 10.2 Å². The number of nitrogens with zero attached hydrogens (tertiary/aromatic N) is 5. The highest BCUT2D eigenvalue weighted by atomic mass is 32.2. The quantitative estimate of drug-likeness (QED) is 0.345. The Morgan fingerprint density at radius 3 is 2.41 bits per heavy atom. The second-order valence-electron chi connectivity index (χ2n) is 6.74. The molecule has 9 nitrogen and oxygen atoms in total. The summed E-state index contributed by atoms with van der Waals surface area (Å²) in [4.78, 5) is 28.9. The molecule has 4 aromatic rings. The van der Waals surface area contributed by atoms with Crippen LogP contribution in [0.2, 0.25) is 0 Å². The van der Waals surface area contributed by atoms with Crippen LogP contribution in [0.1, 0.15) is 26.4 Å². The molecule has 0 unspecified atom stereocenters. The van der Waals surface area contributed by atoms with Gasteiger partial charge in [-0.05, 0) is 42.0 Å². The molecule has 0 bridgehead atoms. The van der Waals surface area contributed by atoms with Crippen LogP contribution < -0.4 is 10.9 Å². The summed E-state index contributed by atoms with van der Waals surface area (Å²) in [6.07, 6.45) is 4.42. The van der Waals surface area contributed by atoms with E-state index >= 15 is 0 Å². The van der Waals surface area contributed by atoms with Crippen molar-refractivity contribution in [1.82, 2.24) is 35.2 Å². The number of hydrogen-bond acceptors (Lipinski definition) is 6. The van der Waals surface area contributed by atoms with Crippen molar-refractivity contribution in [2.75, 3.05) is 0 Å². The molecule has 0 aliphatic carbocycles. The summed E-state index contributed by atoms with van der Waals surface area (Å²) in [5.74, 6) is -0.723. The van der Waals surface area contributed by atoms with Crippen molar-refractivity contribution in [1.29, 1.82) is 0 Å². The third kappa shape index (κ3) is 4.83. The summed E-state index contributed by atoms with van der Waals surface area (Å²) < 4.78 is 16.5. The maximum Gasteiger partial charge on any atom is 0.288 e. The normalized spacial score (nSPS) is 10.7. The molecule has 2 aromatic heterocycles. The number of aryl methyl sites for hydroxylation is 1. The molecular formula is C21H18FN7O2S.